The maximum Gasteiger partial charge on any atom is 0.187 e. The van der Waals surface area contributed by atoms with Crippen molar-refractivity contribution < 1.29 is 14.6 Å². The summed E-state index contributed by atoms with van der Waals surface area (Å²) in [7, 11) is 0. The zero-order valence-corrected chi connectivity index (χ0v) is 12.3. The van der Waals surface area contributed by atoms with Crippen molar-refractivity contribution in [3.05, 3.63) is 29.8 Å². The number of carbonyl (C=O) groups excluding carboxylic acids is 1. The average molecular weight is 289 g/mol. The lowest BCUT2D eigenvalue weighted by Crippen LogP contribution is -2.31. The van der Waals surface area contributed by atoms with Crippen LogP contribution >= 0.6 is 0 Å². The van der Waals surface area contributed by atoms with Gasteiger partial charge in [-0.05, 0) is 36.5 Å². The molecule has 0 bridgehead atoms. The Hall–Kier alpha value is -1.39. The second-order valence-electron chi connectivity index (χ2n) is 6.05. The molecule has 4 heteroatoms. The minimum Gasteiger partial charge on any atom is -0.394 e. The summed E-state index contributed by atoms with van der Waals surface area (Å²) in [5.41, 5.74) is 2.39. The summed E-state index contributed by atoms with van der Waals surface area (Å²) < 4.78 is 5.48. The topological polar surface area (TPSA) is 49.8 Å². The van der Waals surface area contributed by atoms with E-state index in [1.54, 1.807) is 0 Å². The first kappa shape index (κ1) is 14.5. The second kappa shape index (κ2) is 6.58. The highest BCUT2D eigenvalue weighted by Gasteiger charge is 2.32. The van der Waals surface area contributed by atoms with Crippen LogP contribution in [0.1, 0.15) is 43.6 Å². The Morgan fingerprint density at radius 1 is 1.19 bits per heavy atom. The third-order valence-electron chi connectivity index (χ3n) is 4.66. The van der Waals surface area contributed by atoms with Crippen molar-refractivity contribution >= 4 is 12.0 Å². The van der Waals surface area contributed by atoms with E-state index in [1.807, 2.05) is 4.90 Å². The number of ether oxygens (including phenoxy) is 1. The van der Waals surface area contributed by atoms with Gasteiger partial charge in [0, 0.05) is 12.2 Å². The van der Waals surface area contributed by atoms with Gasteiger partial charge in [0.2, 0.25) is 0 Å². The summed E-state index contributed by atoms with van der Waals surface area (Å²) in [5, 5.41) is 9.19. The van der Waals surface area contributed by atoms with E-state index in [9.17, 15) is 9.90 Å². The highest BCUT2D eigenvalue weighted by molar-refractivity contribution is 5.65. The number of aliphatic hydroxyl groups is 1. The molecule has 1 heterocycles. The molecule has 1 aromatic rings. The van der Waals surface area contributed by atoms with E-state index in [1.165, 1.54) is 37.7 Å². The molecule has 4 nitrogen and oxygen atoms in total. The number of anilines is 1. The molecule has 0 radical (unpaired) electrons. The van der Waals surface area contributed by atoms with E-state index in [4.69, 9.17) is 4.74 Å². The molecule has 2 atom stereocenters. The van der Waals surface area contributed by atoms with E-state index in [0.717, 1.165) is 12.0 Å². The van der Waals surface area contributed by atoms with Crippen LogP contribution in [0.5, 0.6) is 0 Å². The number of aliphatic hydroxyl groups excluding tert-OH is 1. The smallest absolute Gasteiger partial charge is 0.187 e. The molecule has 0 aromatic heterocycles. The van der Waals surface area contributed by atoms with Gasteiger partial charge in [0.1, 0.15) is 6.10 Å². The Bertz CT molecular complexity index is 467. The van der Waals surface area contributed by atoms with Crippen LogP contribution in [-0.2, 0) is 9.53 Å². The van der Waals surface area contributed by atoms with Crippen molar-refractivity contribution in [2.45, 2.75) is 50.4 Å². The van der Waals surface area contributed by atoms with Crippen LogP contribution in [0.4, 0.5) is 5.69 Å². The SMILES string of the molecule is O=CC1O[C@H](CO)CN1c1ccc(C2CCCCC2)cc1. The van der Waals surface area contributed by atoms with Crippen LogP contribution in [0.2, 0.25) is 0 Å². The Morgan fingerprint density at radius 3 is 2.52 bits per heavy atom. The maximum absolute atomic E-state index is 11.1. The van der Waals surface area contributed by atoms with Crippen molar-refractivity contribution in [2.75, 3.05) is 18.1 Å². The molecule has 1 aromatic carbocycles. The summed E-state index contributed by atoms with van der Waals surface area (Å²) in [6.45, 7) is 0.504. The van der Waals surface area contributed by atoms with Gasteiger partial charge < -0.3 is 14.7 Å². The lowest BCUT2D eigenvalue weighted by molar-refractivity contribution is -0.117. The van der Waals surface area contributed by atoms with Crippen molar-refractivity contribution in [2.24, 2.45) is 0 Å². The number of hydrogen-bond donors (Lipinski definition) is 1. The largest absolute Gasteiger partial charge is 0.394 e. The van der Waals surface area contributed by atoms with Gasteiger partial charge in [0.25, 0.3) is 0 Å². The number of hydrogen-bond acceptors (Lipinski definition) is 4. The Balaban J connectivity index is 1.72. The first-order valence-electron chi connectivity index (χ1n) is 7.90. The van der Waals surface area contributed by atoms with E-state index >= 15 is 0 Å². The van der Waals surface area contributed by atoms with Gasteiger partial charge >= 0.3 is 0 Å². The Morgan fingerprint density at radius 2 is 1.90 bits per heavy atom. The average Bonchev–Trinajstić information content (AvgIpc) is 2.99. The van der Waals surface area contributed by atoms with Gasteiger partial charge in [-0.3, -0.25) is 4.79 Å². The molecule has 21 heavy (non-hydrogen) atoms. The standard InChI is InChI=1S/C17H23NO3/c19-11-16-10-18(17(12-20)21-16)15-8-6-14(7-9-15)13-4-2-1-3-5-13/h6-9,12-13,16-17,19H,1-5,10-11H2/t16-,17?/m0/s1. The molecule has 1 unspecified atom stereocenters. The maximum atomic E-state index is 11.1. The van der Waals surface area contributed by atoms with Crippen LogP contribution in [0.25, 0.3) is 0 Å². The van der Waals surface area contributed by atoms with Crippen LogP contribution in [0, 0.1) is 0 Å². The van der Waals surface area contributed by atoms with Crippen LogP contribution in [0.3, 0.4) is 0 Å². The van der Waals surface area contributed by atoms with Gasteiger partial charge in [-0.25, -0.2) is 0 Å². The molecule has 2 aliphatic rings. The molecular weight excluding hydrogens is 266 g/mol. The number of nitrogens with zero attached hydrogens (tertiary/aromatic N) is 1. The summed E-state index contributed by atoms with van der Waals surface area (Å²) >= 11 is 0. The third-order valence-corrected chi connectivity index (χ3v) is 4.66. The van der Waals surface area contributed by atoms with Gasteiger partial charge in [-0.15, -0.1) is 0 Å². The Labute approximate surface area is 125 Å². The number of carbonyl (C=O) groups is 1. The van der Waals surface area contributed by atoms with Gasteiger partial charge in [-0.1, -0.05) is 31.4 Å². The minimum absolute atomic E-state index is 0.0546. The third kappa shape index (κ3) is 3.11. The Kier molecular flexibility index (Phi) is 4.56. The minimum atomic E-state index is -0.581. The van der Waals surface area contributed by atoms with E-state index in [0.29, 0.717) is 12.5 Å². The molecule has 1 aliphatic carbocycles. The van der Waals surface area contributed by atoms with Crippen LogP contribution in [-0.4, -0.2) is 36.9 Å². The fourth-order valence-electron chi connectivity index (χ4n) is 3.47. The molecule has 1 aliphatic heterocycles. The molecule has 3 rings (SSSR count). The highest BCUT2D eigenvalue weighted by atomic mass is 16.5. The predicted molar refractivity (Wildman–Crippen MR) is 81.4 cm³/mol. The van der Waals surface area contributed by atoms with Crippen molar-refractivity contribution in [3.8, 4) is 0 Å². The molecule has 114 valence electrons. The first-order valence-corrected chi connectivity index (χ1v) is 7.90. The summed E-state index contributed by atoms with van der Waals surface area (Å²) in [5.74, 6) is 0.690. The van der Waals surface area contributed by atoms with Crippen molar-refractivity contribution in [3.63, 3.8) is 0 Å². The molecule has 0 amide bonds. The normalized spacial score (nSPS) is 27.0. The fraction of sp³-hybridized carbons (Fsp3) is 0.588. The lowest BCUT2D eigenvalue weighted by Gasteiger charge is -2.24. The summed E-state index contributed by atoms with van der Waals surface area (Å²) in [6, 6.07) is 8.51. The lowest BCUT2D eigenvalue weighted by atomic mass is 9.84. The molecule has 2 fully saturated rings. The van der Waals surface area contributed by atoms with Crippen LogP contribution in [0.15, 0.2) is 24.3 Å². The summed E-state index contributed by atoms with van der Waals surface area (Å²) in [4.78, 5) is 13.0. The van der Waals surface area contributed by atoms with E-state index < -0.39 is 6.23 Å². The predicted octanol–water partition coefficient (Wildman–Crippen LogP) is 2.46. The van der Waals surface area contributed by atoms with Crippen LogP contribution < -0.4 is 4.90 Å². The molecular formula is C17H23NO3. The number of aldehydes is 1. The zero-order valence-electron chi connectivity index (χ0n) is 12.3. The van der Waals surface area contributed by atoms with Gasteiger partial charge in [0.15, 0.2) is 12.5 Å². The van der Waals surface area contributed by atoms with Gasteiger partial charge in [-0.2, -0.15) is 0 Å². The van der Waals surface area contributed by atoms with Crippen molar-refractivity contribution in [1.82, 2.24) is 0 Å². The van der Waals surface area contributed by atoms with Crippen molar-refractivity contribution in [1.29, 1.82) is 0 Å². The monoisotopic (exact) mass is 289 g/mol. The fourth-order valence-corrected chi connectivity index (χ4v) is 3.47. The first-order chi connectivity index (χ1) is 10.3. The summed E-state index contributed by atoms with van der Waals surface area (Å²) in [6.07, 6.45) is 6.54. The molecule has 1 saturated carbocycles. The van der Waals surface area contributed by atoms with E-state index in [-0.39, 0.29) is 12.7 Å². The zero-order chi connectivity index (χ0) is 14.7. The quantitative estimate of drug-likeness (QED) is 0.865. The highest BCUT2D eigenvalue weighted by Crippen LogP contribution is 2.34. The van der Waals surface area contributed by atoms with E-state index in [2.05, 4.69) is 24.3 Å². The molecule has 0 spiro atoms. The number of rotatable bonds is 4. The number of benzene rings is 1. The molecule has 1 saturated heterocycles. The molecule has 1 N–H and O–H groups in total. The second-order valence-corrected chi connectivity index (χ2v) is 6.05. The van der Waals surface area contributed by atoms with Gasteiger partial charge in [0.05, 0.1) is 6.61 Å².